The van der Waals surface area contributed by atoms with Gasteiger partial charge in [0.2, 0.25) is 0 Å². The summed E-state index contributed by atoms with van der Waals surface area (Å²) in [5.74, 6) is 1.26. The van der Waals surface area contributed by atoms with Crippen LogP contribution in [0.25, 0.3) is 10.9 Å². The van der Waals surface area contributed by atoms with E-state index < -0.39 is 0 Å². The van der Waals surface area contributed by atoms with Gasteiger partial charge in [-0.3, -0.25) is 4.79 Å². The van der Waals surface area contributed by atoms with Crippen molar-refractivity contribution in [1.29, 1.82) is 0 Å². The largest absolute Gasteiger partial charge is 0.383 e. The monoisotopic (exact) mass is 428 g/mol. The molecule has 32 heavy (non-hydrogen) atoms. The minimum atomic E-state index is -0.215. The Morgan fingerprint density at radius 1 is 0.969 bits per heavy atom. The number of benzene rings is 2. The number of nitrogens with zero attached hydrogens (tertiary/aromatic N) is 3. The van der Waals surface area contributed by atoms with Gasteiger partial charge in [0, 0.05) is 37.5 Å². The molecular formula is C24H24N6O2. The Labute approximate surface area is 186 Å². The summed E-state index contributed by atoms with van der Waals surface area (Å²) >= 11 is 0. The minimum Gasteiger partial charge on any atom is -0.383 e. The van der Waals surface area contributed by atoms with Gasteiger partial charge in [0.1, 0.15) is 18.0 Å². The summed E-state index contributed by atoms with van der Waals surface area (Å²) in [6.45, 7) is 1.80. The van der Waals surface area contributed by atoms with Crippen molar-refractivity contribution < 1.29 is 9.53 Å². The van der Waals surface area contributed by atoms with Crippen LogP contribution in [-0.2, 0) is 11.3 Å². The molecule has 162 valence electrons. The molecule has 0 aliphatic rings. The van der Waals surface area contributed by atoms with Gasteiger partial charge < -0.3 is 20.7 Å². The van der Waals surface area contributed by atoms with Crippen LogP contribution in [0.5, 0.6) is 0 Å². The van der Waals surface area contributed by atoms with Crippen molar-refractivity contribution in [2.45, 2.75) is 6.54 Å². The number of rotatable bonds is 9. The maximum absolute atomic E-state index is 12.6. The van der Waals surface area contributed by atoms with Gasteiger partial charge in [-0.1, -0.05) is 24.3 Å². The van der Waals surface area contributed by atoms with E-state index in [4.69, 9.17) is 4.74 Å². The molecule has 0 unspecified atom stereocenters. The van der Waals surface area contributed by atoms with Crippen LogP contribution in [0.3, 0.4) is 0 Å². The third-order valence-electron chi connectivity index (χ3n) is 4.83. The number of nitrogens with one attached hydrogen (secondary N) is 3. The first-order valence-electron chi connectivity index (χ1n) is 10.3. The molecule has 0 fully saturated rings. The van der Waals surface area contributed by atoms with Crippen LogP contribution in [0, 0.1) is 0 Å². The standard InChI is InChI=1S/C24H24N6O2/c1-32-12-11-25-22-10-9-18(15-26-22)24(31)30-19-6-4-5-17(13-19)14-27-23-20-7-2-3-8-21(20)28-16-29-23/h2-10,13,15-16H,11-12,14H2,1H3,(H,25,26)(H,30,31)(H,27,28,29). The molecule has 8 nitrogen and oxygen atoms in total. The minimum absolute atomic E-state index is 0.215. The predicted octanol–water partition coefficient (Wildman–Crippen LogP) is 3.95. The van der Waals surface area contributed by atoms with Gasteiger partial charge in [-0.25, -0.2) is 15.0 Å². The van der Waals surface area contributed by atoms with E-state index in [0.29, 0.717) is 36.8 Å². The molecule has 8 heteroatoms. The molecule has 0 saturated heterocycles. The highest BCUT2D eigenvalue weighted by atomic mass is 16.5. The van der Waals surface area contributed by atoms with Gasteiger partial charge in [0.25, 0.3) is 5.91 Å². The van der Waals surface area contributed by atoms with Crippen molar-refractivity contribution in [3.05, 3.63) is 84.3 Å². The molecule has 0 radical (unpaired) electrons. The topological polar surface area (TPSA) is 101 Å². The van der Waals surface area contributed by atoms with E-state index in [0.717, 1.165) is 22.3 Å². The molecule has 4 rings (SSSR count). The Morgan fingerprint density at radius 3 is 2.72 bits per heavy atom. The summed E-state index contributed by atoms with van der Waals surface area (Å²) in [5, 5.41) is 10.4. The van der Waals surface area contributed by atoms with E-state index in [-0.39, 0.29) is 5.91 Å². The molecule has 0 aliphatic heterocycles. The van der Waals surface area contributed by atoms with Crippen molar-refractivity contribution in [2.75, 3.05) is 36.2 Å². The molecule has 3 N–H and O–H groups in total. The van der Waals surface area contributed by atoms with E-state index in [9.17, 15) is 4.79 Å². The SMILES string of the molecule is COCCNc1ccc(C(=O)Nc2cccc(CNc3ncnc4ccccc34)c2)cn1. The first-order chi connectivity index (χ1) is 15.7. The molecule has 2 aromatic heterocycles. The highest BCUT2D eigenvalue weighted by molar-refractivity contribution is 6.04. The lowest BCUT2D eigenvalue weighted by Gasteiger charge is -2.10. The van der Waals surface area contributed by atoms with E-state index in [2.05, 4.69) is 30.9 Å². The van der Waals surface area contributed by atoms with E-state index in [1.165, 1.54) is 0 Å². The molecule has 2 aromatic carbocycles. The Balaban J connectivity index is 1.38. The molecule has 0 saturated carbocycles. The van der Waals surface area contributed by atoms with Crippen LogP contribution in [0.15, 0.2) is 73.2 Å². The third-order valence-corrected chi connectivity index (χ3v) is 4.83. The second-order valence-electron chi connectivity index (χ2n) is 7.10. The number of carbonyl (C=O) groups is 1. The first kappa shape index (κ1) is 21.2. The van der Waals surface area contributed by atoms with Crippen LogP contribution < -0.4 is 16.0 Å². The van der Waals surface area contributed by atoms with Gasteiger partial charge in [-0.2, -0.15) is 0 Å². The van der Waals surface area contributed by atoms with Crippen LogP contribution >= 0.6 is 0 Å². The van der Waals surface area contributed by atoms with Gasteiger partial charge in [-0.15, -0.1) is 0 Å². The Bertz CT molecular complexity index is 1190. The summed E-state index contributed by atoms with van der Waals surface area (Å²) in [6.07, 6.45) is 3.10. The van der Waals surface area contributed by atoms with Crippen LogP contribution in [-0.4, -0.2) is 41.1 Å². The summed E-state index contributed by atoms with van der Waals surface area (Å²) in [4.78, 5) is 25.5. The highest BCUT2D eigenvalue weighted by Crippen LogP contribution is 2.20. The maximum Gasteiger partial charge on any atom is 0.257 e. The molecule has 0 aliphatic carbocycles. The number of fused-ring (bicyclic) bond motifs is 1. The predicted molar refractivity (Wildman–Crippen MR) is 126 cm³/mol. The third kappa shape index (κ3) is 5.35. The van der Waals surface area contributed by atoms with Crippen molar-refractivity contribution in [2.24, 2.45) is 0 Å². The number of carbonyl (C=O) groups excluding carboxylic acids is 1. The van der Waals surface area contributed by atoms with Crippen LogP contribution in [0.1, 0.15) is 15.9 Å². The molecule has 2 heterocycles. The van der Waals surface area contributed by atoms with Gasteiger partial charge in [-0.05, 0) is 42.0 Å². The molecule has 0 bridgehead atoms. The number of pyridine rings is 1. The fourth-order valence-corrected chi connectivity index (χ4v) is 3.21. The zero-order chi connectivity index (χ0) is 22.2. The summed E-state index contributed by atoms with van der Waals surface area (Å²) < 4.78 is 5.00. The van der Waals surface area contributed by atoms with Crippen molar-refractivity contribution in [1.82, 2.24) is 15.0 Å². The van der Waals surface area contributed by atoms with Gasteiger partial charge in [0.15, 0.2) is 0 Å². The average Bonchev–Trinajstić information content (AvgIpc) is 2.83. The zero-order valence-corrected chi connectivity index (χ0v) is 17.7. The van der Waals surface area contributed by atoms with Crippen molar-refractivity contribution in [3.63, 3.8) is 0 Å². The smallest absolute Gasteiger partial charge is 0.257 e. The second kappa shape index (κ2) is 10.3. The average molecular weight is 428 g/mol. The summed E-state index contributed by atoms with van der Waals surface area (Å²) in [6, 6.07) is 19.1. The Hall–Kier alpha value is -4.04. The zero-order valence-electron chi connectivity index (χ0n) is 17.7. The number of methoxy groups -OCH3 is 1. The lowest BCUT2D eigenvalue weighted by Crippen LogP contribution is -2.13. The van der Waals surface area contributed by atoms with E-state index in [1.807, 2.05) is 48.5 Å². The first-order valence-corrected chi connectivity index (χ1v) is 10.3. The number of ether oxygens (including phenoxy) is 1. The van der Waals surface area contributed by atoms with E-state index in [1.54, 1.807) is 31.8 Å². The summed E-state index contributed by atoms with van der Waals surface area (Å²) in [5.41, 5.74) is 3.10. The fraction of sp³-hybridized carbons (Fsp3) is 0.167. The maximum atomic E-state index is 12.6. The molecule has 0 atom stereocenters. The fourth-order valence-electron chi connectivity index (χ4n) is 3.21. The van der Waals surface area contributed by atoms with Crippen molar-refractivity contribution >= 4 is 34.1 Å². The number of aromatic nitrogens is 3. The van der Waals surface area contributed by atoms with Crippen LogP contribution in [0.2, 0.25) is 0 Å². The summed E-state index contributed by atoms with van der Waals surface area (Å²) in [7, 11) is 1.64. The van der Waals surface area contributed by atoms with Gasteiger partial charge >= 0.3 is 0 Å². The highest BCUT2D eigenvalue weighted by Gasteiger charge is 2.08. The molecular weight excluding hydrogens is 404 g/mol. The quantitative estimate of drug-likeness (QED) is 0.347. The lowest BCUT2D eigenvalue weighted by molar-refractivity contribution is 0.102. The lowest BCUT2D eigenvalue weighted by atomic mass is 10.1. The number of anilines is 3. The number of hydrogen-bond donors (Lipinski definition) is 3. The van der Waals surface area contributed by atoms with Gasteiger partial charge in [0.05, 0.1) is 17.7 Å². The molecule has 4 aromatic rings. The molecule has 0 spiro atoms. The number of para-hydroxylation sites is 1. The Kier molecular flexibility index (Phi) is 6.84. The number of hydrogen-bond acceptors (Lipinski definition) is 7. The van der Waals surface area contributed by atoms with E-state index >= 15 is 0 Å². The molecule has 1 amide bonds. The normalized spacial score (nSPS) is 10.7. The second-order valence-corrected chi connectivity index (χ2v) is 7.10. The van der Waals surface area contributed by atoms with Crippen molar-refractivity contribution in [3.8, 4) is 0 Å². The Morgan fingerprint density at radius 2 is 1.88 bits per heavy atom. The number of amides is 1. The van der Waals surface area contributed by atoms with Crippen LogP contribution in [0.4, 0.5) is 17.3 Å².